The molecule has 0 bridgehead atoms. The highest BCUT2D eigenvalue weighted by Gasteiger charge is 2.16. The number of nitrogens with zero attached hydrogens (tertiary/aromatic N) is 1. The Morgan fingerprint density at radius 3 is 2.29 bits per heavy atom. The highest BCUT2D eigenvalue weighted by Crippen LogP contribution is 2.35. The van der Waals surface area contributed by atoms with Gasteiger partial charge in [0.05, 0.1) is 21.5 Å². The van der Waals surface area contributed by atoms with Crippen LogP contribution in [0, 0.1) is 0 Å². The third-order valence-corrected chi connectivity index (χ3v) is 4.82. The second-order valence-corrected chi connectivity index (χ2v) is 7.39. The molecule has 1 aromatic carbocycles. The number of rotatable bonds is 6. The number of ether oxygens (including phenoxy) is 1. The zero-order chi connectivity index (χ0) is 15.5. The van der Waals surface area contributed by atoms with Gasteiger partial charge >= 0.3 is 0 Å². The zero-order valence-corrected chi connectivity index (χ0v) is 13.8. The summed E-state index contributed by atoms with van der Waals surface area (Å²) in [5.74, 6) is 0.298. The molecule has 118 valence electrons. The van der Waals surface area contributed by atoms with Crippen molar-refractivity contribution in [3.63, 3.8) is 0 Å². The van der Waals surface area contributed by atoms with Gasteiger partial charge in [-0.2, -0.15) is 0 Å². The first-order chi connectivity index (χ1) is 9.88. The number of likely N-dealkylation sites (tertiary alicyclic amines) is 1. The number of benzene rings is 1. The minimum absolute atomic E-state index is 0.123. The molecule has 2 N–H and O–H groups in total. The number of nitrogens with two attached hydrogens (primary N) is 1. The summed E-state index contributed by atoms with van der Waals surface area (Å²) >= 11 is 12.0. The highest BCUT2D eigenvalue weighted by molar-refractivity contribution is 7.89. The normalized spacial score (nSPS) is 16.3. The van der Waals surface area contributed by atoms with Gasteiger partial charge < -0.3 is 9.64 Å². The van der Waals surface area contributed by atoms with Crippen molar-refractivity contribution < 1.29 is 13.2 Å². The molecule has 8 heteroatoms. The van der Waals surface area contributed by atoms with Crippen molar-refractivity contribution in [3.05, 3.63) is 22.2 Å². The first-order valence-corrected chi connectivity index (χ1v) is 9.05. The molecule has 0 radical (unpaired) electrons. The summed E-state index contributed by atoms with van der Waals surface area (Å²) in [5, 5.41) is 5.34. The quantitative estimate of drug-likeness (QED) is 0.798. The Hall–Kier alpha value is -0.530. The molecular weight excluding hydrogens is 335 g/mol. The third-order valence-electron chi connectivity index (χ3n) is 3.36. The minimum atomic E-state index is -3.83. The van der Waals surface area contributed by atoms with Crippen molar-refractivity contribution in [2.45, 2.75) is 24.2 Å². The lowest BCUT2D eigenvalue weighted by Crippen LogP contribution is -2.22. The SMILES string of the molecule is NS(=O)(=O)c1cc(Cl)c(OCCCN2CCCC2)c(Cl)c1. The highest BCUT2D eigenvalue weighted by atomic mass is 35.5. The summed E-state index contributed by atoms with van der Waals surface area (Å²) in [5.41, 5.74) is 0. The number of sulfonamides is 1. The second-order valence-electron chi connectivity index (χ2n) is 5.01. The average Bonchev–Trinajstić information content (AvgIpc) is 2.88. The Balaban J connectivity index is 1.93. The lowest BCUT2D eigenvalue weighted by atomic mass is 10.3. The van der Waals surface area contributed by atoms with Crippen LogP contribution >= 0.6 is 23.2 Å². The fourth-order valence-electron chi connectivity index (χ4n) is 2.31. The van der Waals surface area contributed by atoms with Gasteiger partial charge in [0.2, 0.25) is 10.0 Å². The van der Waals surface area contributed by atoms with Crippen molar-refractivity contribution in [2.24, 2.45) is 5.14 Å². The van der Waals surface area contributed by atoms with Crippen LogP contribution in [0.15, 0.2) is 17.0 Å². The van der Waals surface area contributed by atoms with Crippen LogP contribution in [0.1, 0.15) is 19.3 Å². The summed E-state index contributed by atoms with van der Waals surface area (Å²) in [6, 6.07) is 2.50. The minimum Gasteiger partial charge on any atom is -0.490 e. The van der Waals surface area contributed by atoms with E-state index in [0.717, 1.165) is 26.1 Å². The molecule has 0 amide bonds. The van der Waals surface area contributed by atoms with Gasteiger partial charge in [-0.25, -0.2) is 13.6 Å². The van der Waals surface area contributed by atoms with E-state index in [9.17, 15) is 8.42 Å². The Morgan fingerprint density at radius 1 is 1.19 bits per heavy atom. The van der Waals surface area contributed by atoms with Crippen LogP contribution < -0.4 is 9.88 Å². The molecule has 1 aliphatic rings. The average molecular weight is 353 g/mol. The topological polar surface area (TPSA) is 72.6 Å². The lowest BCUT2D eigenvalue weighted by Gasteiger charge is -2.15. The van der Waals surface area contributed by atoms with Crippen molar-refractivity contribution in [2.75, 3.05) is 26.2 Å². The predicted molar refractivity (Wildman–Crippen MR) is 83.6 cm³/mol. The number of hydrogen-bond acceptors (Lipinski definition) is 4. The predicted octanol–water partition coefficient (Wildman–Crippen LogP) is 2.51. The lowest BCUT2D eigenvalue weighted by molar-refractivity contribution is 0.263. The van der Waals surface area contributed by atoms with Crippen LogP contribution in [-0.2, 0) is 10.0 Å². The molecule has 21 heavy (non-hydrogen) atoms. The molecule has 1 aliphatic heterocycles. The molecule has 2 rings (SSSR count). The zero-order valence-electron chi connectivity index (χ0n) is 11.5. The van der Waals surface area contributed by atoms with Crippen molar-refractivity contribution in [3.8, 4) is 5.75 Å². The molecule has 0 atom stereocenters. The monoisotopic (exact) mass is 352 g/mol. The van der Waals surface area contributed by atoms with Crippen LogP contribution in [0.3, 0.4) is 0 Å². The van der Waals surface area contributed by atoms with Crippen molar-refractivity contribution in [1.82, 2.24) is 4.90 Å². The number of hydrogen-bond donors (Lipinski definition) is 1. The summed E-state index contributed by atoms with van der Waals surface area (Å²) < 4.78 is 28.1. The molecule has 0 saturated carbocycles. The van der Waals surface area contributed by atoms with Gasteiger partial charge in [-0.3, -0.25) is 0 Å². The molecule has 0 aliphatic carbocycles. The van der Waals surface area contributed by atoms with Crippen LogP contribution in [0.5, 0.6) is 5.75 Å². The molecule has 0 spiro atoms. The molecule has 1 saturated heterocycles. The van der Waals surface area contributed by atoms with E-state index in [1.54, 1.807) is 0 Å². The van der Waals surface area contributed by atoms with E-state index < -0.39 is 10.0 Å². The van der Waals surface area contributed by atoms with Crippen molar-refractivity contribution >= 4 is 33.2 Å². The number of primary sulfonamides is 1. The third kappa shape index (κ3) is 4.72. The van der Waals surface area contributed by atoms with E-state index in [4.69, 9.17) is 33.1 Å². The maximum atomic E-state index is 11.3. The van der Waals surface area contributed by atoms with E-state index >= 15 is 0 Å². The maximum absolute atomic E-state index is 11.3. The van der Waals surface area contributed by atoms with E-state index in [2.05, 4.69) is 4.90 Å². The van der Waals surface area contributed by atoms with Gasteiger partial charge in [0, 0.05) is 6.54 Å². The Labute approximate surface area is 135 Å². The Bertz CT molecular complexity index is 578. The van der Waals surface area contributed by atoms with Gasteiger partial charge in [-0.15, -0.1) is 0 Å². The first kappa shape index (κ1) is 16.8. The summed E-state index contributed by atoms with van der Waals surface area (Å²) in [7, 11) is -3.83. The van der Waals surface area contributed by atoms with Crippen molar-refractivity contribution in [1.29, 1.82) is 0 Å². The Morgan fingerprint density at radius 2 is 1.76 bits per heavy atom. The molecule has 0 aromatic heterocycles. The smallest absolute Gasteiger partial charge is 0.238 e. The first-order valence-electron chi connectivity index (χ1n) is 6.75. The van der Waals surface area contributed by atoms with Crippen LogP contribution in [0.25, 0.3) is 0 Å². The van der Waals surface area contributed by atoms with E-state index in [1.807, 2.05) is 0 Å². The van der Waals surface area contributed by atoms with Gasteiger partial charge in [0.25, 0.3) is 0 Å². The standard InChI is InChI=1S/C13H18Cl2N2O3S/c14-11-8-10(21(16,18)19)9-12(15)13(11)20-7-3-6-17-4-1-2-5-17/h8-9H,1-7H2,(H2,16,18,19). The summed E-state index contributed by atoms with van der Waals surface area (Å²) in [6.45, 7) is 3.74. The maximum Gasteiger partial charge on any atom is 0.238 e. The summed E-state index contributed by atoms with van der Waals surface area (Å²) in [6.07, 6.45) is 3.38. The molecule has 5 nitrogen and oxygen atoms in total. The molecule has 0 unspecified atom stereocenters. The summed E-state index contributed by atoms with van der Waals surface area (Å²) in [4.78, 5) is 2.26. The fourth-order valence-corrected chi connectivity index (χ4v) is 3.60. The fraction of sp³-hybridized carbons (Fsp3) is 0.538. The second kappa shape index (κ2) is 7.15. The van der Waals surface area contributed by atoms with Gasteiger partial charge in [-0.05, 0) is 44.5 Å². The Kier molecular flexibility index (Phi) is 5.73. The molecule has 1 fully saturated rings. The van der Waals surface area contributed by atoms with Gasteiger partial charge in [0.1, 0.15) is 0 Å². The molecule has 1 heterocycles. The largest absolute Gasteiger partial charge is 0.490 e. The van der Waals surface area contributed by atoms with Gasteiger partial charge in [0.15, 0.2) is 5.75 Å². The van der Waals surface area contributed by atoms with Crippen LogP contribution in [-0.4, -0.2) is 39.6 Å². The van der Waals surface area contributed by atoms with Crippen LogP contribution in [0.2, 0.25) is 10.0 Å². The van der Waals surface area contributed by atoms with Crippen LogP contribution in [0.4, 0.5) is 0 Å². The van der Waals surface area contributed by atoms with E-state index in [-0.39, 0.29) is 14.9 Å². The number of halogens is 2. The van der Waals surface area contributed by atoms with Gasteiger partial charge in [-0.1, -0.05) is 23.2 Å². The van der Waals surface area contributed by atoms with E-state index in [0.29, 0.717) is 12.4 Å². The molecule has 1 aromatic rings. The van der Waals surface area contributed by atoms with E-state index in [1.165, 1.54) is 25.0 Å². The molecular formula is C13H18Cl2N2O3S.